The van der Waals surface area contributed by atoms with E-state index >= 15 is 0 Å². The number of hydrogen-bond acceptors (Lipinski definition) is 3. The van der Waals surface area contributed by atoms with Gasteiger partial charge in [0.15, 0.2) is 0 Å². The summed E-state index contributed by atoms with van der Waals surface area (Å²) in [5, 5.41) is 3.25. The van der Waals surface area contributed by atoms with Crippen LogP contribution in [0.5, 0.6) is 0 Å². The third-order valence-electron chi connectivity index (χ3n) is 2.35. The van der Waals surface area contributed by atoms with Gasteiger partial charge in [-0.1, -0.05) is 6.92 Å². The maximum atomic E-state index is 4.28. The molecule has 0 saturated heterocycles. The van der Waals surface area contributed by atoms with Crippen LogP contribution in [0.3, 0.4) is 0 Å². The zero-order valence-corrected chi connectivity index (χ0v) is 9.64. The number of aromatic nitrogens is 3. The van der Waals surface area contributed by atoms with Crippen molar-refractivity contribution in [1.29, 1.82) is 0 Å². The van der Waals surface area contributed by atoms with Crippen molar-refractivity contribution < 1.29 is 0 Å². The first-order valence-electron chi connectivity index (χ1n) is 5.50. The van der Waals surface area contributed by atoms with E-state index in [1.807, 2.05) is 31.5 Å². The van der Waals surface area contributed by atoms with Crippen molar-refractivity contribution >= 4 is 11.6 Å². The summed E-state index contributed by atoms with van der Waals surface area (Å²) in [6, 6.07) is 3.99. The molecule has 4 heteroatoms. The fourth-order valence-corrected chi connectivity index (χ4v) is 1.53. The van der Waals surface area contributed by atoms with Gasteiger partial charge in [-0.2, -0.15) is 0 Å². The van der Waals surface area contributed by atoms with Crippen LogP contribution in [0.15, 0.2) is 30.7 Å². The minimum absolute atomic E-state index is 0.868. The second-order valence-electron chi connectivity index (χ2n) is 3.76. The topological polar surface area (TPSA) is 42.7 Å². The standard InChI is InChI=1S/C12H16N4/c1-3-7-16-8-6-13-12(16)15-11-5-4-10(2)14-9-11/h4-6,8-9H,3,7H2,1-2H3,(H,13,15). The van der Waals surface area contributed by atoms with Crippen molar-refractivity contribution in [3.05, 3.63) is 36.4 Å². The van der Waals surface area contributed by atoms with Crippen LogP contribution in [0.25, 0.3) is 0 Å². The average Bonchev–Trinajstić information content (AvgIpc) is 2.70. The van der Waals surface area contributed by atoms with E-state index < -0.39 is 0 Å². The molecule has 0 fully saturated rings. The van der Waals surface area contributed by atoms with Crippen molar-refractivity contribution in [3.8, 4) is 0 Å². The molecule has 2 aromatic rings. The number of aryl methyl sites for hydroxylation is 2. The smallest absolute Gasteiger partial charge is 0.207 e. The first-order chi connectivity index (χ1) is 7.79. The summed E-state index contributed by atoms with van der Waals surface area (Å²) in [5.74, 6) is 0.868. The Balaban J connectivity index is 2.13. The Morgan fingerprint density at radius 1 is 1.31 bits per heavy atom. The van der Waals surface area contributed by atoms with Crippen molar-refractivity contribution in [1.82, 2.24) is 14.5 Å². The van der Waals surface area contributed by atoms with Crippen LogP contribution in [-0.2, 0) is 6.54 Å². The molecule has 0 aliphatic heterocycles. The molecular formula is C12H16N4. The van der Waals surface area contributed by atoms with Gasteiger partial charge in [0.05, 0.1) is 11.9 Å². The molecule has 0 aromatic carbocycles. The molecule has 0 atom stereocenters. The molecule has 0 bridgehead atoms. The number of nitrogens with one attached hydrogen (secondary N) is 1. The maximum Gasteiger partial charge on any atom is 0.207 e. The molecule has 0 spiro atoms. The van der Waals surface area contributed by atoms with Crippen molar-refractivity contribution in [2.75, 3.05) is 5.32 Å². The van der Waals surface area contributed by atoms with Crippen molar-refractivity contribution in [2.24, 2.45) is 0 Å². The average molecular weight is 216 g/mol. The van der Waals surface area contributed by atoms with Crippen molar-refractivity contribution in [3.63, 3.8) is 0 Å². The zero-order chi connectivity index (χ0) is 11.4. The van der Waals surface area contributed by atoms with Crippen LogP contribution in [0.4, 0.5) is 11.6 Å². The highest BCUT2D eigenvalue weighted by Gasteiger charge is 2.01. The summed E-state index contributed by atoms with van der Waals surface area (Å²) in [5.41, 5.74) is 1.98. The van der Waals surface area contributed by atoms with Crippen LogP contribution in [0.1, 0.15) is 19.0 Å². The molecule has 1 N–H and O–H groups in total. The summed E-state index contributed by atoms with van der Waals surface area (Å²) in [7, 11) is 0. The number of imidazole rings is 1. The van der Waals surface area contributed by atoms with Gasteiger partial charge in [0, 0.05) is 24.6 Å². The Labute approximate surface area is 95.4 Å². The molecule has 0 amide bonds. The predicted molar refractivity (Wildman–Crippen MR) is 64.8 cm³/mol. The largest absolute Gasteiger partial charge is 0.324 e. The first kappa shape index (κ1) is 10.7. The molecule has 4 nitrogen and oxygen atoms in total. The lowest BCUT2D eigenvalue weighted by atomic mass is 10.3. The molecule has 0 unspecified atom stereocenters. The fourth-order valence-electron chi connectivity index (χ4n) is 1.53. The summed E-state index contributed by atoms with van der Waals surface area (Å²) in [6.07, 6.45) is 6.70. The van der Waals surface area contributed by atoms with E-state index in [9.17, 15) is 0 Å². The van der Waals surface area contributed by atoms with Crippen LogP contribution in [0.2, 0.25) is 0 Å². The van der Waals surface area contributed by atoms with Crippen LogP contribution >= 0.6 is 0 Å². The lowest BCUT2D eigenvalue weighted by Gasteiger charge is -2.08. The van der Waals surface area contributed by atoms with E-state index in [2.05, 4.69) is 26.8 Å². The van der Waals surface area contributed by atoms with Gasteiger partial charge in [0.25, 0.3) is 0 Å². The van der Waals surface area contributed by atoms with E-state index in [0.717, 1.165) is 30.3 Å². The Bertz CT molecular complexity index is 444. The van der Waals surface area contributed by atoms with Crippen molar-refractivity contribution in [2.45, 2.75) is 26.8 Å². The number of nitrogens with zero attached hydrogens (tertiary/aromatic N) is 3. The molecule has 2 heterocycles. The summed E-state index contributed by atoms with van der Waals surface area (Å²) >= 11 is 0. The van der Waals surface area contributed by atoms with E-state index in [1.54, 1.807) is 6.20 Å². The monoisotopic (exact) mass is 216 g/mol. The number of pyridine rings is 1. The number of hydrogen-bond donors (Lipinski definition) is 1. The second-order valence-corrected chi connectivity index (χ2v) is 3.76. The summed E-state index contributed by atoms with van der Waals surface area (Å²) < 4.78 is 2.10. The Morgan fingerprint density at radius 2 is 2.19 bits per heavy atom. The van der Waals surface area contributed by atoms with Gasteiger partial charge in [-0.25, -0.2) is 4.98 Å². The lowest BCUT2D eigenvalue weighted by molar-refractivity contribution is 0.686. The van der Waals surface area contributed by atoms with Gasteiger partial charge in [-0.15, -0.1) is 0 Å². The maximum absolute atomic E-state index is 4.28. The van der Waals surface area contributed by atoms with E-state index in [-0.39, 0.29) is 0 Å². The number of rotatable bonds is 4. The molecular weight excluding hydrogens is 200 g/mol. The quantitative estimate of drug-likeness (QED) is 0.854. The van der Waals surface area contributed by atoms with Crippen LogP contribution < -0.4 is 5.32 Å². The first-order valence-corrected chi connectivity index (χ1v) is 5.50. The van der Waals surface area contributed by atoms with Gasteiger partial charge in [0.1, 0.15) is 0 Å². The van der Waals surface area contributed by atoms with Gasteiger partial charge in [-0.3, -0.25) is 4.98 Å². The lowest BCUT2D eigenvalue weighted by Crippen LogP contribution is -2.02. The molecule has 84 valence electrons. The van der Waals surface area contributed by atoms with E-state index in [0.29, 0.717) is 0 Å². The zero-order valence-electron chi connectivity index (χ0n) is 9.64. The van der Waals surface area contributed by atoms with Gasteiger partial charge >= 0.3 is 0 Å². The second kappa shape index (κ2) is 4.79. The van der Waals surface area contributed by atoms with E-state index in [1.165, 1.54) is 0 Å². The minimum Gasteiger partial charge on any atom is -0.324 e. The van der Waals surface area contributed by atoms with Gasteiger partial charge < -0.3 is 9.88 Å². The Hall–Kier alpha value is -1.84. The fraction of sp³-hybridized carbons (Fsp3) is 0.333. The Kier molecular flexibility index (Phi) is 3.19. The third-order valence-corrected chi connectivity index (χ3v) is 2.35. The molecule has 16 heavy (non-hydrogen) atoms. The van der Waals surface area contributed by atoms with E-state index in [4.69, 9.17) is 0 Å². The molecule has 0 aliphatic carbocycles. The highest BCUT2D eigenvalue weighted by atomic mass is 15.2. The summed E-state index contributed by atoms with van der Waals surface area (Å²) in [4.78, 5) is 8.51. The third kappa shape index (κ3) is 2.39. The molecule has 0 aliphatic rings. The number of anilines is 2. The molecule has 0 saturated carbocycles. The molecule has 2 aromatic heterocycles. The van der Waals surface area contributed by atoms with Gasteiger partial charge in [-0.05, 0) is 25.5 Å². The normalized spacial score (nSPS) is 10.4. The Morgan fingerprint density at radius 3 is 2.88 bits per heavy atom. The summed E-state index contributed by atoms with van der Waals surface area (Å²) in [6.45, 7) is 5.10. The van der Waals surface area contributed by atoms with Crippen LogP contribution in [-0.4, -0.2) is 14.5 Å². The highest BCUT2D eigenvalue weighted by Crippen LogP contribution is 2.14. The predicted octanol–water partition coefficient (Wildman–Crippen LogP) is 2.74. The highest BCUT2D eigenvalue weighted by molar-refractivity contribution is 5.51. The van der Waals surface area contributed by atoms with Crippen LogP contribution in [0, 0.1) is 6.92 Å². The molecule has 2 rings (SSSR count). The SMILES string of the molecule is CCCn1ccnc1Nc1ccc(C)nc1. The van der Waals surface area contributed by atoms with Gasteiger partial charge in [0.2, 0.25) is 5.95 Å². The minimum atomic E-state index is 0.868. The molecule has 0 radical (unpaired) electrons.